The highest BCUT2D eigenvalue weighted by molar-refractivity contribution is 7.12. The fourth-order valence-corrected chi connectivity index (χ4v) is 3.10. The van der Waals surface area contributed by atoms with Crippen molar-refractivity contribution < 1.29 is 14.6 Å². The molecule has 0 saturated carbocycles. The second kappa shape index (κ2) is 7.10. The molecule has 0 radical (unpaired) electrons. The Bertz CT molecular complexity index is 689. The van der Waals surface area contributed by atoms with Gasteiger partial charge in [0.1, 0.15) is 10.6 Å². The molecule has 0 aliphatic rings. The molecule has 6 heteroatoms. The van der Waals surface area contributed by atoms with Crippen molar-refractivity contribution in [3.05, 3.63) is 39.8 Å². The molecule has 0 atom stereocenters. The molecule has 0 spiro atoms. The predicted octanol–water partition coefficient (Wildman–Crippen LogP) is 3.58. The molecule has 2 N–H and O–H groups in total. The number of carbonyl (C=O) groups is 1. The first kappa shape index (κ1) is 17.4. The number of rotatable bonds is 5. The maximum Gasteiger partial charge on any atom is 0.267 e. The maximum absolute atomic E-state index is 12.5. The van der Waals surface area contributed by atoms with Crippen molar-refractivity contribution >= 4 is 22.9 Å². The number of hydrogen-bond donors (Lipinski definition) is 2. The average molecular weight is 334 g/mol. The Balaban J connectivity index is 2.23. The quantitative estimate of drug-likeness (QED) is 0.876. The van der Waals surface area contributed by atoms with Gasteiger partial charge < -0.3 is 15.2 Å². The second-order valence-corrected chi connectivity index (χ2v) is 7.00. The molecule has 124 valence electrons. The van der Waals surface area contributed by atoms with Crippen LogP contribution < -0.4 is 10.1 Å². The Morgan fingerprint density at radius 2 is 2.13 bits per heavy atom. The van der Waals surface area contributed by atoms with Gasteiger partial charge in [-0.15, -0.1) is 11.3 Å². The Morgan fingerprint density at radius 3 is 2.74 bits per heavy atom. The molecule has 23 heavy (non-hydrogen) atoms. The van der Waals surface area contributed by atoms with Crippen LogP contribution in [0.5, 0.6) is 5.75 Å². The van der Waals surface area contributed by atoms with E-state index in [4.69, 9.17) is 4.74 Å². The lowest BCUT2D eigenvalue weighted by atomic mass is 9.91. The number of amides is 1. The Kier molecular flexibility index (Phi) is 5.38. The average Bonchev–Trinajstić information content (AvgIpc) is 2.98. The first-order valence-corrected chi connectivity index (χ1v) is 8.36. The van der Waals surface area contributed by atoms with Crippen LogP contribution in [0.4, 0.5) is 5.69 Å². The first-order chi connectivity index (χ1) is 10.9. The molecule has 0 fully saturated rings. The van der Waals surface area contributed by atoms with Crippen LogP contribution in [0.2, 0.25) is 0 Å². The lowest BCUT2D eigenvalue weighted by molar-refractivity contribution is 0.102. The van der Waals surface area contributed by atoms with Crippen molar-refractivity contribution in [3.8, 4) is 5.75 Å². The molecule has 1 amide bonds. The van der Waals surface area contributed by atoms with E-state index in [-0.39, 0.29) is 17.9 Å². The first-order valence-electron chi connectivity index (χ1n) is 7.48. The van der Waals surface area contributed by atoms with E-state index in [9.17, 15) is 9.90 Å². The Hall–Kier alpha value is -1.92. The van der Waals surface area contributed by atoms with Crippen LogP contribution in [-0.4, -0.2) is 22.6 Å². The van der Waals surface area contributed by atoms with E-state index >= 15 is 0 Å². The summed E-state index contributed by atoms with van der Waals surface area (Å²) in [5, 5.41) is 12.3. The van der Waals surface area contributed by atoms with E-state index in [1.807, 2.05) is 27.7 Å². The van der Waals surface area contributed by atoms with Gasteiger partial charge in [0.25, 0.3) is 5.91 Å². The zero-order valence-electron chi connectivity index (χ0n) is 13.8. The van der Waals surface area contributed by atoms with Gasteiger partial charge in [-0.2, -0.15) is 0 Å². The van der Waals surface area contributed by atoms with Gasteiger partial charge in [0.05, 0.1) is 24.4 Å². The number of ether oxygens (including phenoxy) is 1. The van der Waals surface area contributed by atoms with Crippen LogP contribution >= 0.6 is 11.3 Å². The van der Waals surface area contributed by atoms with Crippen LogP contribution in [0.3, 0.4) is 0 Å². The third-order valence-corrected chi connectivity index (χ3v) is 4.10. The van der Waals surface area contributed by atoms with Gasteiger partial charge in [-0.1, -0.05) is 20.8 Å². The molecule has 0 saturated heterocycles. The normalized spacial score (nSPS) is 11.3. The summed E-state index contributed by atoms with van der Waals surface area (Å²) in [6.45, 7) is 8.34. The van der Waals surface area contributed by atoms with E-state index in [1.54, 1.807) is 23.7 Å². The summed E-state index contributed by atoms with van der Waals surface area (Å²) in [7, 11) is 0. The summed E-state index contributed by atoms with van der Waals surface area (Å²) >= 11 is 1.33. The largest absolute Gasteiger partial charge is 0.494 e. The number of thiazole rings is 1. The van der Waals surface area contributed by atoms with Crippen molar-refractivity contribution in [1.82, 2.24) is 4.98 Å². The minimum atomic E-state index is -0.193. The topological polar surface area (TPSA) is 71.5 Å². The SMILES string of the molecule is CCOc1ccc(NC(=O)c2scnc2C(C)(C)C)cc1CO. The van der Waals surface area contributed by atoms with Crippen LogP contribution in [0, 0.1) is 0 Å². The lowest BCUT2D eigenvalue weighted by Gasteiger charge is -2.17. The Morgan fingerprint density at radius 1 is 1.39 bits per heavy atom. The van der Waals surface area contributed by atoms with Crippen molar-refractivity contribution in [2.45, 2.75) is 39.7 Å². The number of nitrogens with zero attached hydrogens (tertiary/aromatic N) is 1. The number of nitrogens with one attached hydrogen (secondary N) is 1. The number of hydrogen-bond acceptors (Lipinski definition) is 5. The van der Waals surface area contributed by atoms with Crippen molar-refractivity contribution in [2.24, 2.45) is 0 Å². The summed E-state index contributed by atoms with van der Waals surface area (Å²) < 4.78 is 5.44. The van der Waals surface area contributed by atoms with Gasteiger partial charge in [0, 0.05) is 16.7 Å². The summed E-state index contributed by atoms with van der Waals surface area (Å²) in [6.07, 6.45) is 0. The number of anilines is 1. The number of aliphatic hydroxyl groups is 1. The zero-order valence-corrected chi connectivity index (χ0v) is 14.7. The summed E-state index contributed by atoms with van der Waals surface area (Å²) in [6, 6.07) is 5.24. The van der Waals surface area contributed by atoms with Gasteiger partial charge in [0.2, 0.25) is 0 Å². The fourth-order valence-electron chi connectivity index (χ4n) is 2.21. The molecule has 1 heterocycles. The molecule has 2 rings (SSSR count). The minimum absolute atomic E-state index is 0.146. The number of carbonyl (C=O) groups excluding carboxylic acids is 1. The lowest BCUT2D eigenvalue weighted by Crippen LogP contribution is -2.19. The minimum Gasteiger partial charge on any atom is -0.494 e. The van der Waals surface area contributed by atoms with E-state index in [0.29, 0.717) is 28.5 Å². The monoisotopic (exact) mass is 334 g/mol. The molecule has 0 bridgehead atoms. The van der Waals surface area contributed by atoms with Gasteiger partial charge in [-0.05, 0) is 25.1 Å². The van der Waals surface area contributed by atoms with E-state index in [0.717, 1.165) is 5.69 Å². The molecule has 2 aromatic rings. The third-order valence-electron chi connectivity index (χ3n) is 3.27. The van der Waals surface area contributed by atoms with Crippen molar-refractivity contribution in [2.75, 3.05) is 11.9 Å². The maximum atomic E-state index is 12.5. The van der Waals surface area contributed by atoms with Crippen LogP contribution in [-0.2, 0) is 12.0 Å². The molecule has 0 unspecified atom stereocenters. The second-order valence-electron chi connectivity index (χ2n) is 6.15. The molecule has 0 aliphatic carbocycles. The zero-order chi connectivity index (χ0) is 17.0. The highest BCUT2D eigenvalue weighted by Gasteiger charge is 2.25. The molecule has 1 aromatic carbocycles. The van der Waals surface area contributed by atoms with Gasteiger partial charge in [-0.3, -0.25) is 4.79 Å². The summed E-state index contributed by atoms with van der Waals surface area (Å²) in [5.41, 5.74) is 3.54. The Labute approximate surface area is 140 Å². The standard InChI is InChI=1S/C17H22N2O3S/c1-5-22-13-7-6-12(8-11(13)9-20)19-16(21)14-15(17(2,3)4)18-10-23-14/h6-8,10,20H,5,9H2,1-4H3,(H,19,21). The molecule has 0 aliphatic heterocycles. The van der Waals surface area contributed by atoms with E-state index in [2.05, 4.69) is 10.3 Å². The highest BCUT2D eigenvalue weighted by atomic mass is 32.1. The molecule has 5 nitrogen and oxygen atoms in total. The molecular formula is C17H22N2O3S. The van der Waals surface area contributed by atoms with Crippen molar-refractivity contribution in [1.29, 1.82) is 0 Å². The molecular weight excluding hydrogens is 312 g/mol. The highest BCUT2D eigenvalue weighted by Crippen LogP contribution is 2.28. The van der Waals surface area contributed by atoms with E-state index in [1.165, 1.54) is 11.3 Å². The number of aliphatic hydroxyl groups excluding tert-OH is 1. The van der Waals surface area contributed by atoms with Crippen molar-refractivity contribution in [3.63, 3.8) is 0 Å². The molecule has 1 aromatic heterocycles. The smallest absolute Gasteiger partial charge is 0.267 e. The van der Waals surface area contributed by atoms with Gasteiger partial charge in [0.15, 0.2) is 0 Å². The fraction of sp³-hybridized carbons (Fsp3) is 0.412. The number of aromatic nitrogens is 1. The third kappa shape index (κ3) is 4.09. The van der Waals surface area contributed by atoms with Crippen LogP contribution in [0.25, 0.3) is 0 Å². The summed E-state index contributed by atoms with van der Waals surface area (Å²) in [4.78, 5) is 17.4. The van der Waals surface area contributed by atoms with E-state index < -0.39 is 0 Å². The van der Waals surface area contributed by atoms with Crippen LogP contribution in [0.15, 0.2) is 23.7 Å². The van der Waals surface area contributed by atoms with Gasteiger partial charge >= 0.3 is 0 Å². The van der Waals surface area contributed by atoms with Crippen LogP contribution in [0.1, 0.15) is 48.6 Å². The predicted molar refractivity (Wildman–Crippen MR) is 92.3 cm³/mol. The number of benzene rings is 1. The summed E-state index contributed by atoms with van der Waals surface area (Å²) in [5.74, 6) is 0.437. The van der Waals surface area contributed by atoms with Gasteiger partial charge in [-0.25, -0.2) is 4.98 Å².